The third-order valence-electron chi connectivity index (χ3n) is 4.46. The van der Waals surface area contributed by atoms with Gasteiger partial charge in [0.1, 0.15) is 6.54 Å². The Morgan fingerprint density at radius 1 is 0.900 bits per heavy atom. The van der Waals surface area contributed by atoms with Gasteiger partial charge in [0.2, 0.25) is 5.91 Å². The lowest BCUT2D eigenvalue weighted by molar-refractivity contribution is -0.114. The molecule has 0 aliphatic heterocycles. The summed E-state index contributed by atoms with van der Waals surface area (Å²) in [5, 5.41) is 3.61. The second kappa shape index (κ2) is 9.08. The van der Waals surface area contributed by atoms with Crippen LogP contribution in [0.15, 0.2) is 71.6 Å². The molecule has 5 nitrogen and oxygen atoms in total. The lowest BCUT2D eigenvalue weighted by Crippen LogP contribution is -2.38. The van der Waals surface area contributed by atoms with Crippen molar-refractivity contribution >= 4 is 50.5 Å². The molecule has 1 amide bonds. The molecule has 3 aromatic carbocycles. The highest BCUT2D eigenvalue weighted by Crippen LogP contribution is 2.29. The van der Waals surface area contributed by atoms with Gasteiger partial charge in [-0.05, 0) is 67.9 Å². The molecule has 3 rings (SSSR count). The minimum Gasteiger partial charge on any atom is -0.325 e. The van der Waals surface area contributed by atoms with Crippen molar-refractivity contribution in [1.82, 2.24) is 0 Å². The van der Waals surface area contributed by atoms with Crippen molar-refractivity contribution in [3.05, 3.63) is 87.9 Å². The van der Waals surface area contributed by atoms with Crippen LogP contribution in [0.5, 0.6) is 0 Å². The van der Waals surface area contributed by atoms with Crippen molar-refractivity contribution < 1.29 is 13.2 Å². The van der Waals surface area contributed by atoms with Crippen LogP contribution < -0.4 is 9.62 Å². The number of nitrogens with one attached hydrogen (secondary N) is 1. The van der Waals surface area contributed by atoms with Gasteiger partial charge in [-0.2, -0.15) is 0 Å². The topological polar surface area (TPSA) is 66.5 Å². The molecular formula is C22H20Cl2N2O3S. The van der Waals surface area contributed by atoms with Crippen molar-refractivity contribution in [3.8, 4) is 0 Å². The van der Waals surface area contributed by atoms with Crippen LogP contribution >= 0.6 is 23.2 Å². The molecule has 3 aromatic rings. The summed E-state index contributed by atoms with van der Waals surface area (Å²) in [7, 11) is -4.01. The zero-order valence-corrected chi connectivity index (χ0v) is 18.7. The van der Waals surface area contributed by atoms with E-state index in [0.29, 0.717) is 27.0 Å². The summed E-state index contributed by atoms with van der Waals surface area (Å²) < 4.78 is 27.9. The Morgan fingerprint density at radius 2 is 1.50 bits per heavy atom. The maximum absolute atomic E-state index is 13.4. The number of halogens is 2. The molecular weight excluding hydrogens is 443 g/mol. The largest absolute Gasteiger partial charge is 0.325 e. The molecule has 156 valence electrons. The van der Waals surface area contributed by atoms with Gasteiger partial charge >= 0.3 is 0 Å². The highest BCUT2D eigenvalue weighted by Gasteiger charge is 2.28. The van der Waals surface area contributed by atoms with E-state index >= 15 is 0 Å². The van der Waals surface area contributed by atoms with Crippen molar-refractivity contribution in [2.24, 2.45) is 0 Å². The molecule has 0 unspecified atom stereocenters. The van der Waals surface area contributed by atoms with Gasteiger partial charge in [0, 0.05) is 15.7 Å². The van der Waals surface area contributed by atoms with E-state index in [2.05, 4.69) is 5.32 Å². The summed E-state index contributed by atoms with van der Waals surface area (Å²) in [4.78, 5) is 12.8. The third-order valence-corrected chi connectivity index (χ3v) is 6.73. The first-order valence-electron chi connectivity index (χ1n) is 9.08. The fraction of sp³-hybridized carbons (Fsp3) is 0.136. The first-order valence-corrected chi connectivity index (χ1v) is 11.3. The van der Waals surface area contributed by atoms with Gasteiger partial charge in [0.25, 0.3) is 10.0 Å². The number of carbonyl (C=O) groups excluding carboxylic acids is 1. The number of benzene rings is 3. The van der Waals surface area contributed by atoms with Gasteiger partial charge in [-0.1, -0.05) is 47.0 Å². The van der Waals surface area contributed by atoms with E-state index in [-0.39, 0.29) is 4.90 Å². The molecule has 0 spiro atoms. The number of nitrogens with zero attached hydrogens (tertiary/aromatic N) is 1. The average molecular weight is 463 g/mol. The quantitative estimate of drug-likeness (QED) is 0.529. The van der Waals surface area contributed by atoms with Crippen LogP contribution in [0, 0.1) is 13.8 Å². The van der Waals surface area contributed by atoms with E-state index in [1.54, 1.807) is 55.5 Å². The molecule has 30 heavy (non-hydrogen) atoms. The van der Waals surface area contributed by atoms with Crippen molar-refractivity contribution in [1.29, 1.82) is 0 Å². The third kappa shape index (κ3) is 5.14. The van der Waals surface area contributed by atoms with Crippen molar-refractivity contribution in [2.75, 3.05) is 16.2 Å². The van der Waals surface area contributed by atoms with Crippen LogP contribution in [-0.4, -0.2) is 20.9 Å². The summed E-state index contributed by atoms with van der Waals surface area (Å²) in [6, 6.07) is 18.0. The fourth-order valence-electron chi connectivity index (χ4n) is 2.85. The predicted molar refractivity (Wildman–Crippen MR) is 122 cm³/mol. The minimum absolute atomic E-state index is 0.0896. The van der Waals surface area contributed by atoms with E-state index < -0.39 is 22.5 Å². The summed E-state index contributed by atoms with van der Waals surface area (Å²) in [5.41, 5.74) is 2.46. The zero-order valence-electron chi connectivity index (χ0n) is 16.4. The highest BCUT2D eigenvalue weighted by atomic mass is 35.5. The van der Waals surface area contributed by atoms with E-state index in [1.165, 1.54) is 18.2 Å². The summed E-state index contributed by atoms with van der Waals surface area (Å²) in [5.74, 6) is -0.493. The molecule has 0 heterocycles. The fourth-order valence-corrected chi connectivity index (χ4v) is 4.62. The Balaban J connectivity index is 1.99. The van der Waals surface area contributed by atoms with Crippen LogP contribution in [0.3, 0.4) is 0 Å². The smallest absolute Gasteiger partial charge is 0.264 e. The van der Waals surface area contributed by atoms with Crippen LogP contribution in [0.25, 0.3) is 0 Å². The number of sulfonamides is 1. The Morgan fingerprint density at radius 3 is 2.13 bits per heavy atom. The van der Waals surface area contributed by atoms with Crippen molar-refractivity contribution in [3.63, 3.8) is 0 Å². The zero-order chi connectivity index (χ0) is 21.9. The molecule has 0 fully saturated rings. The molecule has 0 aromatic heterocycles. The van der Waals surface area contributed by atoms with E-state index in [1.807, 2.05) is 6.92 Å². The van der Waals surface area contributed by atoms with Gasteiger partial charge in [0.15, 0.2) is 0 Å². The maximum atomic E-state index is 13.4. The van der Waals surface area contributed by atoms with Crippen LogP contribution in [0.1, 0.15) is 11.1 Å². The van der Waals surface area contributed by atoms with Gasteiger partial charge in [0.05, 0.1) is 10.6 Å². The molecule has 0 aliphatic rings. The normalized spacial score (nSPS) is 11.2. The Kier molecular flexibility index (Phi) is 6.71. The SMILES string of the molecule is Cc1ccc(S(=O)(=O)N(CC(=O)Nc2ccc(Cl)cc2)c2cc(Cl)ccc2C)cc1. The lowest BCUT2D eigenvalue weighted by atomic mass is 10.2. The molecule has 0 saturated heterocycles. The predicted octanol–water partition coefficient (Wildman–Crippen LogP) is 5.44. The minimum atomic E-state index is -4.01. The molecule has 0 aliphatic carbocycles. The first kappa shape index (κ1) is 22.2. The standard InChI is InChI=1S/C22H20Cl2N2O3S/c1-15-3-11-20(12-4-15)30(28,29)26(21-13-18(24)6-5-16(21)2)14-22(27)25-19-9-7-17(23)8-10-19/h3-13H,14H2,1-2H3,(H,25,27). The lowest BCUT2D eigenvalue weighted by Gasteiger charge is -2.26. The van der Waals surface area contributed by atoms with Crippen LogP contribution in [-0.2, 0) is 14.8 Å². The van der Waals surface area contributed by atoms with Gasteiger partial charge < -0.3 is 5.32 Å². The van der Waals surface area contributed by atoms with E-state index in [9.17, 15) is 13.2 Å². The number of hydrogen-bond acceptors (Lipinski definition) is 3. The Hall–Kier alpha value is -2.54. The Bertz CT molecular complexity index is 1160. The summed E-state index contributed by atoms with van der Waals surface area (Å²) >= 11 is 12.0. The Labute approximate surface area is 186 Å². The van der Waals surface area contributed by atoms with Crippen LogP contribution in [0.2, 0.25) is 10.0 Å². The second-order valence-corrected chi connectivity index (χ2v) is 9.55. The first-order chi connectivity index (χ1) is 14.2. The summed E-state index contributed by atoms with van der Waals surface area (Å²) in [6.07, 6.45) is 0. The van der Waals surface area contributed by atoms with Gasteiger partial charge in [-0.25, -0.2) is 8.42 Å². The monoisotopic (exact) mass is 462 g/mol. The second-order valence-electron chi connectivity index (χ2n) is 6.81. The van der Waals surface area contributed by atoms with Crippen molar-refractivity contribution in [2.45, 2.75) is 18.7 Å². The van der Waals surface area contributed by atoms with E-state index in [4.69, 9.17) is 23.2 Å². The maximum Gasteiger partial charge on any atom is 0.264 e. The molecule has 0 bridgehead atoms. The van der Waals surface area contributed by atoms with E-state index in [0.717, 1.165) is 9.87 Å². The summed E-state index contributed by atoms with van der Waals surface area (Å²) in [6.45, 7) is 3.22. The number of anilines is 2. The number of carbonyl (C=O) groups is 1. The average Bonchev–Trinajstić information content (AvgIpc) is 2.70. The molecule has 8 heteroatoms. The number of rotatable bonds is 6. The molecule has 0 saturated carbocycles. The molecule has 1 N–H and O–H groups in total. The van der Waals surface area contributed by atoms with Gasteiger partial charge in [-0.15, -0.1) is 0 Å². The number of amides is 1. The number of hydrogen-bond donors (Lipinski definition) is 1. The van der Waals surface area contributed by atoms with Gasteiger partial charge in [-0.3, -0.25) is 9.10 Å². The number of aryl methyl sites for hydroxylation is 2. The highest BCUT2D eigenvalue weighted by molar-refractivity contribution is 7.92. The molecule has 0 atom stereocenters. The molecule has 0 radical (unpaired) electrons. The van der Waals surface area contributed by atoms with Crippen LogP contribution in [0.4, 0.5) is 11.4 Å².